The van der Waals surface area contributed by atoms with Crippen molar-refractivity contribution in [2.75, 3.05) is 0 Å². The highest BCUT2D eigenvalue weighted by Crippen LogP contribution is 2.32. The zero-order valence-corrected chi connectivity index (χ0v) is 14.7. The van der Waals surface area contributed by atoms with Crippen LogP contribution in [0.3, 0.4) is 0 Å². The molecule has 0 saturated heterocycles. The lowest BCUT2D eigenvalue weighted by Crippen LogP contribution is -2.12. The first-order valence-electron chi connectivity index (χ1n) is 7.44. The summed E-state index contributed by atoms with van der Waals surface area (Å²) in [6, 6.07) is 13.6. The Morgan fingerprint density at radius 1 is 0.962 bits per heavy atom. The number of benzene rings is 2. The third kappa shape index (κ3) is 3.71. The minimum absolute atomic E-state index is 0.217. The Morgan fingerprint density at radius 3 is 2.19 bits per heavy atom. The van der Waals surface area contributed by atoms with Crippen molar-refractivity contribution in [2.24, 2.45) is 0 Å². The van der Waals surface area contributed by atoms with Gasteiger partial charge in [-0.1, -0.05) is 53.5 Å². The summed E-state index contributed by atoms with van der Waals surface area (Å²) in [5.74, 6) is -2.34. The topological polar surface area (TPSA) is 92.4 Å². The maximum atomic E-state index is 11.1. The molecular weight excluding hydrogens is 379 g/mol. The summed E-state index contributed by atoms with van der Waals surface area (Å²) in [6.07, 6.45) is 0. The van der Waals surface area contributed by atoms with Crippen LogP contribution >= 0.6 is 23.2 Å². The molecule has 1 heterocycles. The van der Waals surface area contributed by atoms with Crippen LogP contribution in [0.1, 0.15) is 10.5 Å². The molecule has 3 aromatic rings. The van der Waals surface area contributed by atoms with Gasteiger partial charge in [0.1, 0.15) is 6.54 Å². The summed E-state index contributed by atoms with van der Waals surface area (Å²) in [6.45, 7) is -0.437. The highest BCUT2D eigenvalue weighted by atomic mass is 35.5. The number of hydrogen-bond acceptors (Lipinski definition) is 3. The first-order chi connectivity index (χ1) is 12.3. The van der Waals surface area contributed by atoms with E-state index in [9.17, 15) is 9.59 Å². The largest absolute Gasteiger partial charge is 0.480 e. The average molecular weight is 391 g/mol. The quantitative estimate of drug-likeness (QED) is 0.676. The Labute approximate surface area is 158 Å². The Hall–Kier alpha value is -2.83. The third-order valence-electron chi connectivity index (χ3n) is 3.71. The molecule has 1 aromatic heterocycles. The zero-order chi connectivity index (χ0) is 18.8. The summed E-state index contributed by atoms with van der Waals surface area (Å²) in [5, 5.41) is 23.0. The van der Waals surface area contributed by atoms with Gasteiger partial charge in [0.15, 0.2) is 5.69 Å². The Balaban J connectivity index is 2.00. The Kier molecular flexibility index (Phi) is 4.97. The van der Waals surface area contributed by atoms with Crippen LogP contribution in [-0.4, -0.2) is 31.9 Å². The minimum atomic E-state index is -1.22. The fourth-order valence-corrected chi connectivity index (χ4v) is 3.06. The summed E-state index contributed by atoms with van der Waals surface area (Å²) < 4.78 is 1.15. The Morgan fingerprint density at radius 2 is 1.62 bits per heavy atom. The number of rotatable bonds is 5. The second-order valence-corrected chi connectivity index (χ2v) is 6.32. The number of nitrogens with zero attached hydrogens (tertiary/aromatic N) is 2. The maximum absolute atomic E-state index is 11.1. The van der Waals surface area contributed by atoms with Crippen LogP contribution < -0.4 is 0 Å². The minimum Gasteiger partial charge on any atom is -0.480 e. The van der Waals surface area contributed by atoms with Crippen molar-refractivity contribution in [3.8, 4) is 22.4 Å². The van der Waals surface area contributed by atoms with E-state index in [-0.39, 0.29) is 5.69 Å². The standard InChI is InChI=1S/C18H12Cl2N2O4/c19-12-5-6-13(14(20)7-12)10-1-3-11(4-2-10)16-8-15(18(25)26)21-22(16)9-17(23)24/h1-8H,9H2,(H,23,24)(H,25,26). The van der Waals surface area contributed by atoms with Crippen LogP contribution in [-0.2, 0) is 11.3 Å². The van der Waals surface area contributed by atoms with Crippen molar-refractivity contribution >= 4 is 35.1 Å². The summed E-state index contributed by atoms with van der Waals surface area (Å²) >= 11 is 12.1. The van der Waals surface area contributed by atoms with Gasteiger partial charge in [-0.15, -0.1) is 0 Å². The Bertz CT molecular complexity index is 997. The maximum Gasteiger partial charge on any atom is 0.356 e. The monoisotopic (exact) mass is 390 g/mol. The van der Waals surface area contributed by atoms with Crippen LogP contribution in [0.4, 0.5) is 0 Å². The molecule has 0 amide bonds. The summed E-state index contributed by atoms with van der Waals surface area (Å²) in [5.41, 5.74) is 2.47. The molecule has 132 valence electrons. The molecule has 0 radical (unpaired) electrons. The van der Waals surface area contributed by atoms with E-state index in [0.29, 0.717) is 21.3 Å². The van der Waals surface area contributed by atoms with Crippen molar-refractivity contribution in [1.82, 2.24) is 9.78 Å². The van der Waals surface area contributed by atoms with Crippen molar-refractivity contribution in [1.29, 1.82) is 0 Å². The van der Waals surface area contributed by atoms with Crippen molar-refractivity contribution in [3.63, 3.8) is 0 Å². The molecule has 0 unspecified atom stereocenters. The molecule has 6 nitrogen and oxygen atoms in total. The van der Waals surface area contributed by atoms with E-state index in [4.69, 9.17) is 33.4 Å². The second-order valence-electron chi connectivity index (χ2n) is 5.47. The molecule has 2 aromatic carbocycles. The molecule has 0 aliphatic heterocycles. The van der Waals surface area contributed by atoms with E-state index in [2.05, 4.69) is 5.10 Å². The molecule has 0 saturated carbocycles. The van der Waals surface area contributed by atoms with E-state index >= 15 is 0 Å². The van der Waals surface area contributed by atoms with E-state index in [1.165, 1.54) is 6.07 Å². The lowest BCUT2D eigenvalue weighted by Gasteiger charge is -2.08. The predicted molar refractivity (Wildman–Crippen MR) is 97.7 cm³/mol. The number of halogens is 2. The number of carboxylic acid groups (broad SMARTS) is 2. The van der Waals surface area contributed by atoms with Crippen LogP contribution in [0.2, 0.25) is 10.0 Å². The van der Waals surface area contributed by atoms with Gasteiger partial charge in [-0.3, -0.25) is 9.48 Å². The lowest BCUT2D eigenvalue weighted by atomic mass is 10.0. The fraction of sp³-hybridized carbons (Fsp3) is 0.0556. The third-order valence-corrected chi connectivity index (χ3v) is 4.25. The molecule has 3 rings (SSSR count). The number of carboxylic acids is 2. The van der Waals surface area contributed by atoms with Gasteiger partial charge >= 0.3 is 11.9 Å². The number of aromatic nitrogens is 2. The molecule has 0 aliphatic carbocycles. The van der Waals surface area contributed by atoms with Crippen LogP contribution in [0.25, 0.3) is 22.4 Å². The number of carbonyl (C=O) groups is 2. The van der Waals surface area contributed by atoms with Crippen LogP contribution in [0.15, 0.2) is 48.5 Å². The predicted octanol–water partition coefficient (Wildman–Crippen LogP) is 4.31. The first kappa shape index (κ1) is 18.0. The smallest absolute Gasteiger partial charge is 0.356 e. The molecule has 0 fully saturated rings. The fourth-order valence-electron chi connectivity index (χ4n) is 2.55. The molecule has 0 bridgehead atoms. The van der Waals surface area contributed by atoms with E-state index in [1.807, 2.05) is 12.1 Å². The summed E-state index contributed by atoms with van der Waals surface area (Å²) in [4.78, 5) is 22.1. The molecule has 0 atom stereocenters. The highest BCUT2D eigenvalue weighted by molar-refractivity contribution is 6.36. The lowest BCUT2D eigenvalue weighted by molar-refractivity contribution is -0.137. The molecule has 0 aliphatic rings. The van der Waals surface area contributed by atoms with Gasteiger partial charge in [-0.05, 0) is 29.3 Å². The average Bonchev–Trinajstić information content (AvgIpc) is 2.98. The molecule has 0 spiro atoms. The molecule has 8 heteroatoms. The second kappa shape index (κ2) is 7.19. The number of hydrogen-bond donors (Lipinski definition) is 2. The van der Waals surface area contributed by atoms with Gasteiger partial charge < -0.3 is 10.2 Å². The van der Waals surface area contributed by atoms with Gasteiger partial charge in [-0.2, -0.15) is 5.10 Å². The van der Waals surface area contributed by atoms with Crippen LogP contribution in [0.5, 0.6) is 0 Å². The number of aromatic carboxylic acids is 1. The normalized spacial score (nSPS) is 10.7. The van der Waals surface area contributed by atoms with Crippen molar-refractivity contribution in [3.05, 3.63) is 64.3 Å². The van der Waals surface area contributed by atoms with Gasteiger partial charge in [0, 0.05) is 15.6 Å². The van der Waals surface area contributed by atoms with E-state index in [0.717, 1.165) is 15.8 Å². The van der Waals surface area contributed by atoms with Gasteiger partial charge in [-0.25, -0.2) is 4.79 Å². The summed E-state index contributed by atoms with van der Waals surface area (Å²) in [7, 11) is 0. The highest BCUT2D eigenvalue weighted by Gasteiger charge is 2.16. The molecule has 2 N–H and O–H groups in total. The van der Waals surface area contributed by atoms with E-state index < -0.39 is 18.5 Å². The van der Waals surface area contributed by atoms with Crippen LogP contribution in [0, 0.1) is 0 Å². The van der Waals surface area contributed by atoms with Gasteiger partial charge in [0.25, 0.3) is 0 Å². The van der Waals surface area contributed by atoms with Crippen molar-refractivity contribution < 1.29 is 19.8 Å². The molecular formula is C18H12Cl2N2O4. The van der Waals surface area contributed by atoms with Crippen molar-refractivity contribution in [2.45, 2.75) is 6.54 Å². The number of aliphatic carboxylic acids is 1. The van der Waals surface area contributed by atoms with E-state index in [1.54, 1.807) is 30.3 Å². The van der Waals surface area contributed by atoms with Gasteiger partial charge in [0.2, 0.25) is 0 Å². The SMILES string of the molecule is O=C(O)Cn1nc(C(=O)O)cc1-c1ccc(-c2ccc(Cl)cc2Cl)cc1. The molecule has 26 heavy (non-hydrogen) atoms. The zero-order valence-electron chi connectivity index (χ0n) is 13.2. The first-order valence-corrected chi connectivity index (χ1v) is 8.19. The van der Waals surface area contributed by atoms with Gasteiger partial charge in [0.05, 0.1) is 5.69 Å².